The summed E-state index contributed by atoms with van der Waals surface area (Å²) in [7, 11) is 0. The van der Waals surface area contributed by atoms with Crippen molar-refractivity contribution in [3.8, 4) is 0 Å². The van der Waals surface area contributed by atoms with Crippen LogP contribution < -0.4 is 17.1 Å². The average Bonchev–Trinajstić information content (AvgIpc) is 3.67. The molecule has 3 saturated heterocycles. The molecule has 0 radical (unpaired) electrons. The van der Waals surface area contributed by atoms with Gasteiger partial charge in [-0.2, -0.15) is 0 Å². The van der Waals surface area contributed by atoms with Gasteiger partial charge in [0.2, 0.25) is 0 Å². The van der Waals surface area contributed by atoms with Crippen LogP contribution in [0.1, 0.15) is 125 Å². The van der Waals surface area contributed by atoms with Crippen molar-refractivity contribution in [1.29, 1.82) is 0 Å². The molecule has 3 aliphatic heterocycles. The Morgan fingerprint density at radius 2 is 0.588 bits per heavy atom. The van der Waals surface area contributed by atoms with Gasteiger partial charge in [0.25, 0.3) is 0 Å². The summed E-state index contributed by atoms with van der Waals surface area (Å²) in [5.41, 5.74) is -2.02. The molecule has 12 nitrogen and oxygen atoms in total. The molecule has 1 aromatic heterocycles. The average molecular weight is 1040 g/mol. The molecule has 51 heavy (non-hydrogen) atoms. The van der Waals surface area contributed by atoms with E-state index in [1.54, 1.807) is 0 Å². The number of aromatic nitrogens is 3. The summed E-state index contributed by atoms with van der Waals surface area (Å²) in [5, 5.41) is 0. The van der Waals surface area contributed by atoms with Gasteiger partial charge in [0.15, 0.2) is 0 Å². The predicted molar refractivity (Wildman–Crippen MR) is 207 cm³/mol. The van der Waals surface area contributed by atoms with Crippen molar-refractivity contribution >= 4 is 57.6 Å². The molecule has 0 N–H and O–H groups in total. The van der Waals surface area contributed by atoms with Gasteiger partial charge in [-0.25, -0.2) is 0 Å². The van der Waals surface area contributed by atoms with Crippen LogP contribution in [-0.2, 0) is 38.1 Å². The topological polar surface area (TPSA) is 121 Å². The first kappa shape index (κ1) is 44.3. The SMILES string of the molecule is C[C](C)(C)[Sn]1([C](C)(C)C)[O]CC(Cn2c(=O)n(CC3C[O][Sn]([C](C)(C)C)([C](C)(C)C)[O]3)c(=O)n(CC3C[O][Sn]([C](C)(C)C)([C](C)(C)C)[O]3)c2=O)[O]1. The van der Waals surface area contributed by atoms with Gasteiger partial charge in [-0.3, -0.25) is 0 Å². The summed E-state index contributed by atoms with van der Waals surface area (Å²) < 4.78 is 43.0. The van der Waals surface area contributed by atoms with Crippen molar-refractivity contribution in [3.05, 3.63) is 31.5 Å². The van der Waals surface area contributed by atoms with Gasteiger partial charge >= 0.3 is 324 Å². The molecule has 4 heterocycles. The van der Waals surface area contributed by atoms with E-state index in [9.17, 15) is 14.4 Å². The Morgan fingerprint density at radius 3 is 0.725 bits per heavy atom. The van der Waals surface area contributed by atoms with Gasteiger partial charge < -0.3 is 0 Å². The summed E-state index contributed by atoms with van der Waals surface area (Å²) in [4.78, 5) is 43.1. The maximum absolute atomic E-state index is 14.4. The maximum atomic E-state index is 14.4. The number of hydrogen-bond acceptors (Lipinski definition) is 9. The zero-order valence-electron chi connectivity index (χ0n) is 35.0. The van der Waals surface area contributed by atoms with Crippen molar-refractivity contribution in [3.63, 3.8) is 0 Å². The quantitative estimate of drug-likeness (QED) is 0.293. The van der Waals surface area contributed by atoms with Crippen molar-refractivity contribution in [2.24, 2.45) is 0 Å². The van der Waals surface area contributed by atoms with Crippen LogP contribution in [0.4, 0.5) is 0 Å². The fourth-order valence-electron chi connectivity index (χ4n) is 9.31. The van der Waals surface area contributed by atoms with E-state index in [0.717, 1.165) is 0 Å². The minimum atomic E-state index is -3.80. The third-order valence-corrected chi connectivity index (χ3v) is 55.3. The number of hydrogen-bond donors (Lipinski definition) is 0. The van der Waals surface area contributed by atoms with Crippen LogP contribution in [0.2, 0.25) is 20.6 Å². The molecular weight excluding hydrogens is 975 g/mol. The van der Waals surface area contributed by atoms with Gasteiger partial charge in [0.05, 0.1) is 0 Å². The first-order valence-electron chi connectivity index (χ1n) is 18.7. The molecule has 0 saturated carbocycles. The Bertz CT molecular complexity index is 1360. The molecular formula is C36H69N3O9Sn3. The van der Waals surface area contributed by atoms with Gasteiger partial charge in [0, 0.05) is 0 Å². The summed E-state index contributed by atoms with van der Waals surface area (Å²) in [6.45, 7) is 39.6. The van der Waals surface area contributed by atoms with Crippen LogP contribution in [0.25, 0.3) is 0 Å². The molecule has 15 heteroatoms. The van der Waals surface area contributed by atoms with Gasteiger partial charge in [-0.05, 0) is 0 Å². The first-order chi connectivity index (χ1) is 22.8. The molecule has 294 valence electrons. The second-order valence-corrected chi connectivity index (χ2v) is 61.9. The predicted octanol–water partition coefficient (Wildman–Crippen LogP) is 6.55. The third kappa shape index (κ3) is 7.81. The fourth-order valence-corrected chi connectivity index (χ4v) is 51.5. The molecule has 0 bridgehead atoms. The zero-order valence-corrected chi connectivity index (χ0v) is 43.6. The van der Waals surface area contributed by atoms with Crippen LogP contribution in [0, 0.1) is 0 Å². The van der Waals surface area contributed by atoms with Crippen molar-refractivity contribution < 1.29 is 18.4 Å². The summed E-state index contributed by atoms with van der Waals surface area (Å²) in [5.74, 6) is 0. The molecule has 0 amide bonds. The Morgan fingerprint density at radius 1 is 0.412 bits per heavy atom. The number of rotatable bonds is 6. The minimum absolute atomic E-state index is 0.0207. The Labute approximate surface area is 321 Å². The van der Waals surface area contributed by atoms with Gasteiger partial charge in [-0.15, -0.1) is 0 Å². The van der Waals surface area contributed by atoms with Crippen molar-refractivity contribution in [2.75, 3.05) is 19.8 Å². The molecule has 3 fully saturated rings. The molecule has 0 aromatic carbocycles. The van der Waals surface area contributed by atoms with E-state index in [1.165, 1.54) is 13.7 Å². The second kappa shape index (κ2) is 14.2. The Kier molecular flexibility index (Phi) is 12.3. The van der Waals surface area contributed by atoms with Crippen LogP contribution >= 0.6 is 0 Å². The zero-order chi connectivity index (χ0) is 39.2. The van der Waals surface area contributed by atoms with Gasteiger partial charge in [-0.1, -0.05) is 0 Å². The fraction of sp³-hybridized carbons (Fsp3) is 0.917. The van der Waals surface area contributed by atoms with Crippen LogP contribution in [0.3, 0.4) is 0 Å². The van der Waals surface area contributed by atoms with Crippen LogP contribution in [0.5, 0.6) is 0 Å². The van der Waals surface area contributed by atoms with E-state index >= 15 is 0 Å². The molecule has 0 aliphatic carbocycles. The van der Waals surface area contributed by atoms with Crippen LogP contribution in [-0.4, -0.2) is 109 Å². The summed E-state index contributed by atoms with van der Waals surface area (Å²) in [6, 6.07) is 0. The normalized spacial score (nSPS) is 25.9. The van der Waals surface area contributed by atoms with E-state index in [1.807, 2.05) is 0 Å². The van der Waals surface area contributed by atoms with E-state index in [-0.39, 0.29) is 60.0 Å². The first-order valence-corrected chi connectivity index (χ1v) is 34.2. The van der Waals surface area contributed by atoms with Gasteiger partial charge in [0.1, 0.15) is 0 Å². The number of nitrogens with zero attached hydrogens (tertiary/aromatic N) is 3. The van der Waals surface area contributed by atoms with Crippen molar-refractivity contribution in [2.45, 2.75) is 183 Å². The summed E-state index contributed by atoms with van der Waals surface area (Å²) >= 11 is -11.4. The Hall–Kier alpha value is 0.566. The monoisotopic (exact) mass is 1050 g/mol. The van der Waals surface area contributed by atoms with Crippen molar-refractivity contribution in [1.82, 2.24) is 13.7 Å². The van der Waals surface area contributed by atoms with E-state index in [2.05, 4.69) is 125 Å². The van der Waals surface area contributed by atoms with E-state index < -0.39 is 93.0 Å². The van der Waals surface area contributed by atoms with E-state index in [4.69, 9.17) is 18.4 Å². The second-order valence-electron chi connectivity index (χ2n) is 21.2. The third-order valence-electron chi connectivity index (χ3n) is 10.9. The molecule has 3 atom stereocenters. The molecule has 0 spiro atoms. The molecule has 4 rings (SSSR count). The van der Waals surface area contributed by atoms with E-state index in [0.29, 0.717) is 0 Å². The van der Waals surface area contributed by atoms with Crippen LogP contribution in [0.15, 0.2) is 14.4 Å². The molecule has 3 aliphatic rings. The standard InChI is InChI=1S/C12H15N3O9.6C4H9.3Sn/c16-4-7(19)1-13-10(22)14(2-8(20)5-17)12(24)15(11(13)23)3-9(21)6-18;6*1-4(2)3;;;/h7-9H,1-6H2;6*1-3H3;;;/q-6;;;;;;;3*+2. The molecule has 3 unspecified atom stereocenters. The summed E-state index contributed by atoms with van der Waals surface area (Å²) in [6.07, 6.45) is -1.51. The Balaban J connectivity index is 1.79. The molecule has 1 aromatic rings.